The number of amides is 2. The number of fused-ring (bicyclic) bond motifs is 1. The molecule has 1 aliphatic rings. The number of hydrogen-bond acceptors (Lipinski definition) is 5. The van der Waals surface area contributed by atoms with E-state index in [2.05, 4.69) is 5.32 Å². The molecular weight excluding hydrogens is 408 g/mol. The summed E-state index contributed by atoms with van der Waals surface area (Å²) in [5, 5.41) is 3.01. The Balaban J connectivity index is 1.83. The van der Waals surface area contributed by atoms with Crippen molar-refractivity contribution in [3.8, 4) is 0 Å². The SMILES string of the molecule is COC(=O)c1ccc([C@H](C)NC(=O)[C@H]2c3ccccc3CCN2C(=O)OC(C)(C)C)cc1. The molecule has 0 fully saturated rings. The Morgan fingerprint density at radius 1 is 1.06 bits per heavy atom. The van der Waals surface area contributed by atoms with Crippen molar-refractivity contribution in [3.63, 3.8) is 0 Å². The second-order valence-corrected chi connectivity index (χ2v) is 8.87. The largest absolute Gasteiger partial charge is 0.465 e. The molecule has 7 heteroatoms. The van der Waals surface area contributed by atoms with E-state index in [9.17, 15) is 14.4 Å². The third kappa shape index (κ3) is 5.28. The first kappa shape index (κ1) is 23.3. The van der Waals surface area contributed by atoms with Gasteiger partial charge in [0.15, 0.2) is 0 Å². The fourth-order valence-corrected chi connectivity index (χ4v) is 3.77. The van der Waals surface area contributed by atoms with E-state index in [-0.39, 0.29) is 11.9 Å². The van der Waals surface area contributed by atoms with Crippen molar-refractivity contribution in [3.05, 3.63) is 70.8 Å². The minimum Gasteiger partial charge on any atom is -0.465 e. The van der Waals surface area contributed by atoms with Crippen LogP contribution in [0.25, 0.3) is 0 Å². The van der Waals surface area contributed by atoms with Crippen LogP contribution < -0.4 is 5.32 Å². The number of benzene rings is 2. The number of rotatable bonds is 4. The molecule has 7 nitrogen and oxygen atoms in total. The van der Waals surface area contributed by atoms with Crippen molar-refractivity contribution in [2.45, 2.75) is 51.8 Å². The summed E-state index contributed by atoms with van der Waals surface area (Å²) in [5.41, 5.74) is 2.45. The second kappa shape index (κ2) is 9.42. The van der Waals surface area contributed by atoms with Gasteiger partial charge in [-0.15, -0.1) is 0 Å². The van der Waals surface area contributed by atoms with E-state index >= 15 is 0 Å². The molecule has 1 heterocycles. The molecule has 2 aromatic rings. The monoisotopic (exact) mass is 438 g/mol. The zero-order valence-corrected chi connectivity index (χ0v) is 19.2. The summed E-state index contributed by atoms with van der Waals surface area (Å²) in [7, 11) is 1.33. The summed E-state index contributed by atoms with van der Waals surface area (Å²) in [6.07, 6.45) is 0.145. The van der Waals surface area contributed by atoms with Crippen LogP contribution in [0.2, 0.25) is 0 Å². The molecule has 32 heavy (non-hydrogen) atoms. The lowest BCUT2D eigenvalue weighted by Crippen LogP contribution is -2.49. The van der Waals surface area contributed by atoms with Gasteiger partial charge in [0.2, 0.25) is 5.91 Å². The van der Waals surface area contributed by atoms with Crippen molar-refractivity contribution < 1.29 is 23.9 Å². The maximum absolute atomic E-state index is 13.4. The molecular formula is C25H30N2O5. The van der Waals surface area contributed by atoms with Crippen LogP contribution in [0, 0.1) is 0 Å². The average molecular weight is 439 g/mol. The first-order chi connectivity index (χ1) is 15.1. The number of ether oxygens (including phenoxy) is 2. The minimum atomic E-state index is -0.786. The zero-order chi connectivity index (χ0) is 23.5. The number of methoxy groups -OCH3 is 1. The van der Waals surface area contributed by atoms with Crippen LogP contribution in [0.3, 0.4) is 0 Å². The molecule has 0 aliphatic carbocycles. The first-order valence-electron chi connectivity index (χ1n) is 10.7. The third-order valence-corrected chi connectivity index (χ3v) is 5.35. The Bertz CT molecular complexity index is 994. The molecule has 1 N–H and O–H groups in total. The van der Waals surface area contributed by atoms with Crippen LogP contribution in [-0.2, 0) is 20.7 Å². The van der Waals surface area contributed by atoms with E-state index < -0.39 is 23.7 Å². The van der Waals surface area contributed by atoms with Gasteiger partial charge in [-0.25, -0.2) is 9.59 Å². The Morgan fingerprint density at radius 3 is 2.34 bits per heavy atom. The first-order valence-corrected chi connectivity index (χ1v) is 10.7. The van der Waals surface area contributed by atoms with Gasteiger partial charge in [-0.1, -0.05) is 36.4 Å². The van der Waals surface area contributed by atoms with Gasteiger partial charge in [-0.3, -0.25) is 9.69 Å². The molecule has 2 aromatic carbocycles. The number of carbonyl (C=O) groups excluding carboxylic acids is 3. The van der Waals surface area contributed by atoms with E-state index in [0.717, 1.165) is 16.7 Å². The van der Waals surface area contributed by atoms with E-state index in [1.54, 1.807) is 45.0 Å². The van der Waals surface area contributed by atoms with Crippen LogP contribution >= 0.6 is 0 Å². The van der Waals surface area contributed by atoms with Crippen LogP contribution in [0.1, 0.15) is 66.8 Å². The van der Waals surface area contributed by atoms with Crippen molar-refractivity contribution >= 4 is 18.0 Å². The van der Waals surface area contributed by atoms with E-state index in [1.165, 1.54) is 12.0 Å². The van der Waals surface area contributed by atoms with E-state index in [1.807, 2.05) is 31.2 Å². The summed E-state index contributed by atoms with van der Waals surface area (Å²) in [4.78, 5) is 39.5. The van der Waals surface area contributed by atoms with Gasteiger partial charge in [-0.05, 0) is 62.9 Å². The van der Waals surface area contributed by atoms with Crippen molar-refractivity contribution in [1.82, 2.24) is 10.2 Å². The maximum atomic E-state index is 13.4. The lowest BCUT2D eigenvalue weighted by molar-refractivity contribution is -0.127. The Kier molecular flexibility index (Phi) is 6.87. The fraction of sp³-hybridized carbons (Fsp3) is 0.400. The number of hydrogen-bond donors (Lipinski definition) is 1. The van der Waals surface area contributed by atoms with Crippen LogP contribution in [0.15, 0.2) is 48.5 Å². The lowest BCUT2D eigenvalue weighted by Gasteiger charge is -2.37. The van der Waals surface area contributed by atoms with Crippen molar-refractivity contribution in [2.24, 2.45) is 0 Å². The summed E-state index contributed by atoms with van der Waals surface area (Å²) in [5.74, 6) is -0.701. The number of esters is 1. The van der Waals surface area contributed by atoms with Gasteiger partial charge in [0, 0.05) is 6.54 Å². The van der Waals surface area contributed by atoms with Gasteiger partial charge in [0.05, 0.1) is 18.7 Å². The molecule has 0 bridgehead atoms. The normalized spacial score (nSPS) is 16.5. The van der Waals surface area contributed by atoms with E-state index in [4.69, 9.17) is 9.47 Å². The van der Waals surface area contributed by atoms with Gasteiger partial charge < -0.3 is 14.8 Å². The summed E-state index contributed by atoms with van der Waals surface area (Å²) in [6.45, 7) is 7.66. The van der Waals surface area contributed by atoms with Crippen molar-refractivity contribution in [2.75, 3.05) is 13.7 Å². The number of nitrogens with one attached hydrogen (secondary N) is 1. The van der Waals surface area contributed by atoms with Crippen molar-refractivity contribution in [1.29, 1.82) is 0 Å². The molecule has 1 aliphatic heterocycles. The van der Waals surface area contributed by atoms with Crippen LogP contribution in [0.4, 0.5) is 4.79 Å². The fourth-order valence-electron chi connectivity index (χ4n) is 3.77. The molecule has 2 atom stereocenters. The molecule has 0 radical (unpaired) electrons. The lowest BCUT2D eigenvalue weighted by atomic mass is 9.92. The van der Waals surface area contributed by atoms with Gasteiger partial charge in [0.25, 0.3) is 0 Å². The molecule has 0 spiro atoms. The molecule has 3 rings (SSSR count). The summed E-state index contributed by atoms with van der Waals surface area (Å²) >= 11 is 0. The highest BCUT2D eigenvalue weighted by Gasteiger charge is 2.38. The second-order valence-electron chi connectivity index (χ2n) is 8.87. The standard InChI is InChI=1S/C25H30N2O5/c1-16(17-10-12-19(13-11-17)23(29)31-5)26-22(28)21-20-9-7-6-8-18(20)14-15-27(21)24(30)32-25(2,3)4/h6-13,16,21H,14-15H2,1-5H3,(H,26,28)/t16-,21+/m0/s1. The number of nitrogens with zero attached hydrogens (tertiary/aromatic N) is 1. The quantitative estimate of drug-likeness (QED) is 0.724. The average Bonchev–Trinajstić information content (AvgIpc) is 2.76. The third-order valence-electron chi connectivity index (χ3n) is 5.35. The van der Waals surface area contributed by atoms with Gasteiger partial charge in [-0.2, -0.15) is 0 Å². The minimum absolute atomic E-state index is 0.285. The molecule has 0 unspecified atom stereocenters. The Hall–Kier alpha value is -3.35. The van der Waals surface area contributed by atoms with Gasteiger partial charge >= 0.3 is 12.1 Å². The Labute approximate surface area is 188 Å². The highest BCUT2D eigenvalue weighted by atomic mass is 16.6. The smallest absolute Gasteiger partial charge is 0.411 e. The molecule has 2 amide bonds. The molecule has 0 saturated carbocycles. The molecule has 0 aromatic heterocycles. The predicted molar refractivity (Wildman–Crippen MR) is 120 cm³/mol. The maximum Gasteiger partial charge on any atom is 0.411 e. The predicted octanol–water partition coefficient (Wildman–Crippen LogP) is 4.18. The van der Waals surface area contributed by atoms with Crippen LogP contribution in [0.5, 0.6) is 0 Å². The van der Waals surface area contributed by atoms with E-state index in [0.29, 0.717) is 18.5 Å². The Morgan fingerprint density at radius 2 is 1.72 bits per heavy atom. The molecule has 170 valence electrons. The summed E-state index contributed by atoms with van der Waals surface area (Å²) < 4.78 is 10.3. The zero-order valence-electron chi connectivity index (χ0n) is 19.2. The van der Waals surface area contributed by atoms with Gasteiger partial charge in [0.1, 0.15) is 11.6 Å². The van der Waals surface area contributed by atoms with Crippen LogP contribution in [-0.4, -0.2) is 42.1 Å². The highest BCUT2D eigenvalue weighted by Crippen LogP contribution is 2.32. The highest BCUT2D eigenvalue weighted by molar-refractivity contribution is 5.89. The number of carbonyl (C=O) groups is 3. The summed E-state index contributed by atoms with van der Waals surface area (Å²) in [6, 6.07) is 13.4. The molecule has 0 saturated heterocycles. The topological polar surface area (TPSA) is 84.9 Å².